The van der Waals surface area contributed by atoms with Gasteiger partial charge in [-0.15, -0.1) is 0 Å². The number of aliphatic carboxylic acids is 1. The summed E-state index contributed by atoms with van der Waals surface area (Å²) in [7, 11) is 10.4. The molecule has 11 amide bonds. The minimum atomic E-state index is -2.33. The predicted octanol–water partition coefficient (Wildman–Crippen LogP) is 2.88. The Balaban J connectivity index is 4.53. The summed E-state index contributed by atoms with van der Waals surface area (Å²) in [4.78, 5) is 183. The number of likely N-dealkylation sites (N-methyl/N-ethyl adjacent to an activating group) is 7. The first kappa shape index (κ1) is 82.3. The average Bonchev–Trinajstić information content (AvgIpc) is 0.874. The van der Waals surface area contributed by atoms with Crippen molar-refractivity contribution in [3.8, 4) is 0 Å². The number of aliphatic hydroxyl groups excluding tert-OH is 1. The van der Waals surface area contributed by atoms with Gasteiger partial charge in [-0.25, -0.2) is 4.79 Å². The quantitative estimate of drug-likeness (QED) is 0.0849. The normalized spacial score (nSPS) is 26.8. The fourth-order valence-corrected chi connectivity index (χ4v) is 11.2. The number of hydrogen-bond donors (Lipinski definition) is 6. The number of carbonyl (C=O) groups excluding carboxylic acids is 11. The summed E-state index contributed by atoms with van der Waals surface area (Å²) in [5, 5.41) is 33.7. The van der Waals surface area contributed by atoms with E-state index in [2.05, 4.69) is 21.3 Å². The third-order valence-corrected chi connectivity index (χ3v) is 17.4. The number of carbonyl (C=O) groups is 12. The van der Waals surface area contributed by atoms with Gasteiger partial charge in [0.2, 0.25) is 65.1 Å². The molecule has 1 rings (SSSR count). The van der Waals surface area contributed by atoms with Gasteiger partial charge in [0, 0.05) is 62.9 Å². The lowest BCUT2D eigenvalue weighted by Gasteiger charge is -2.41. The van der Waals surface area contributed by atoms with Crippen LogP contribution in [-0.2, 0) is 62.3 Å². The van der Waals surface area contributed by atoms with Crippen molar-refractivity contribution in [3.05, 3.63) is 12.2 Å². The number of nitrogens with one attached hydrogen (secondary N) is 4. The number of ether oxygens (including phenoxy) is 1. The number of aliphatic hydroxyl groups is 1. The Morgan fingerprint density at radius 1 is 0.538 bits per heavy atom. The Labute approximate surface area is 542 Å². The van der Waals surface area contributed by atoms with E-state index in [1.165, 1.54) is 77.8 Å². The SMILES string of the molecule is C/C=C/C[C@@H](C)[C@@H](O)[C@H]1C(=O)N[C@H](CC)C(=O)N(C)C(C(=O)O)C(=O)N(C)[C@@H](CC(C)(C)OC)C(=O)N[C@H](C(C)C)C(=O)N(C)[C@H](CCC(C)C)C(=O)N[C@H](C)C(=O)N[C@@H](C)C(=O)N(C)[C@H](CC(C)C)C(=O)N(C)[C@H](CC(C)C)C(=O)N(C)[C@H](C(C)C)C(=O)N1C. The molecule has 520 valence electrons. The fourth-order valence-electron chi connectivity index (χ4n) is 11.2. The van der Waals surface area contributed by atoms with Crippen molar-refractivity contribution >= 4 is 70.9 Å². The van der Waals surface area contributed by atoms with Crippen LogP contribution in [0.4, 0.5) is 0 Å². The monoisotopic (exact) mass is 1290 g/mol. The summed E-state index contributed by atoms with van der Waals surface area (Å²) in [6.07, 6.45) is 2.40. The van der Waals surface area contributed by atoms with Gasteiger partial charge in [-0.1, -0.05) is 95.2 Å². The summed E-state index contributed by atoms with van der Waals surface area (Å²) in [5.41, 5.74) is -1.18. The molecule has 0 bridgehead atoms. The number of carboxylic acid groups (broad SMARTS) is 1. The summed E-state index contributed by atoms with van der Waals surface area (Å²) in [5.74, 6) is -13.5. The van der Waals surface area contributed by atoms with Crippen molar-refractivity contribution in [1.82, 2.24) is 55.6 Å². The van der Waals surface area contributed by atoms with Gasteiger partial charge >= 0.3 is 5.97 Å². The number of amides is 11. The zero-order valence-corrected chi connectivity index (χ0v) is 59.3. The summed E-state index contributed by atoms with van der Waals surface area (Å²) < 4.78 is 5.68. The maximum absolute atomic E-state index is 15.2. The molecule has 0 aromatic rings. The second-order valence-electron chi connectivity index (χ2n) is 27.4. The van der Waals surface area contributed by atoms with Crippen molar-refractivity contribution in [2.75, 3.05) is 56.4 Å². The van der Waals surface area contributed by atoms with Crippen LogP contribution in [0.1, 0.15) is 163 Å². The molecular formula is C65H115N11O15. The van der Waals surface area contributed by atoms with Gasteiger partial charge in [-0.05, 0) is 109 Å². The van der Waals surface area contributed by atoms with E-state index in [9.17, 15) is 53.4 Å². The van der Waals surface area contributed by atoms with Crippen LogP contribution >= 0.6 is 0 Å². The smallest absolute Gasteiger partial charge is 0.336 e. The molecule has 1 aliphatic rings. The first-order valence-corrected chi connectivity index (χ1v) is 32.1. The highest BCUT2D eigenvalue weighted by Crippen LogP contribution is 2.27. The molecule has 0 aliphatic carbocycles. The molecule has 1 fully saturated rings. The van der Waals surface area contributed by atoms with E-state index in [0.717, 1.165) is 28.8 Å². The molecule has 1 unspecified atom stereocenters. The lowest BCUT2D eigenvalue weighted by molar-refractivity contribution is -0.161. The zero-order valence-electron chi connectivity index (χ0n) is 59.3. The van der Waals surface area contributed by atoms with Gasteiger partial charge in [0.25, 0.3) is 5.91 Å². The summed E-state index contributed by atoms with van der Waals surface area (Å²) >= 11 is 0. The third-order valence-electron chi connectivity index (χ3n) is 17.4. The van der Waals surface area contributed by atoms with E-state index in [-0.39, 0.29) is 56.3 Å². The van der Waals surface area contributed by atoms with Crippen LogP contribution in [0.25, 0.3) is 0 Å². The van der Waals surface area contributed by atoms with Crippen molar-refractivity contribution in [2.24, 2.45) is 35.5 Å². The average molecular weight is 1290 g/mol. The Morgan fingerprint density at radius 2 is 1.00 bits per heavy atom. The van der Waals surface area contributed by atoms with Crippen LogP contribution in [0.5, 0.6) is 0 Å². The molecule has 0 radical (unpaired) electrons. The van der Waals surface area contributed by atoms with Crippen LogP contribution in [-0.4, -0.2) is 250 Å². The van der Waals surface area contributed by atoms with E-state index in [4.69, 9.17) is 4.74 Å². The van der Waals surface area contributed by atoms with Crippen molar-refractivity contribution < 1.29 is 72.5 Å². The van der Waals surface area contributed by atoms with Gasteiger partial charge in [-0.2, -0.15) is 0 Å². The highest BCUT2D eigenvalue weighted by Gasteiger charge is 2.48. The lowest BCUT2D eigenvalue weighted by atomic mass is 9.91. The van der Waals surface area contributed by atoms with E-state index < -0.39 is 167 Å². The molecule has 1 saturated heterocycles. The second-order valence-corrected chi connectivity index (χ2v) is 27.4. The maximum atomic E-state index is 15.2. The fraction of sp³-hybridized carbons (Fsp3) is 0.785. The van der Waals surface area contributed by atoms with E-state index in [1.807, 2.05) is 41.5 Å². The Kier molecular flexibility index (Phi) is 33.0. The topological polar surface area (TPSA) is 325 Å². The van der Waals surface area contributed by atoms with Crippen LogP contribution < -0.4 is 21.3 Å². The Bertz CT molecular complexity index is 2560. The van der Waals surface area contributed by atoms with Crippen molar-refractivity contribution in [1.29, 1.82) is 0 Å². The number of allylic oxidation sites excluding steroid dienone is 2. The van der Waals surface area contributed by atoms with E-state index in [0.29, 0.717) is 11.3 Å². The number of rotatable bonds is 18. The Morgan fingerprint density at radius 3 is 1.45 bits per heavy atom. The lowest BCUT2D eigenvalue weighted by Crippen LogP contribution is -2.64. The minimum absolute atomic E-state index is 0.0420. The first-order valence-electron chi connectivity index (χ1n) is 32.1. The molecule has 91 heavy (non-hydrogen) atoms. The molecule has 1 aliphatic heterocycles. The van der Waals surface area contributed by atoms with Crippen LogP contribution in [0.15, 0.2) is 12.2 Å². The molecule has 0 spiro atoms. The highest BCUT2D eigenvalue weighted by atomic mass is 16.5. The molecule has 26 heteroatoms. The molecular weight excluding hydrogens is 1170 g/mol. The third kappa shape index (κ3) is 22.5. The van der Waals surface area contributed by atoms with Crippen LogP contribution in [0.2, 0.25) is 0 Å². The van der Waals surface area contributed by atoms with Crippen LogP contribution in [0, 0.1) is 35.5 Å². The second kappa shape index (κ2) is 36.5. The summed E-state index contributed by atoms with van der Waals surface area (Å²) in [6, 6.07) is -16.1. The summed E-state index contributed by atoms with van der Waals surface area (Å²) in [6.45, 7) is 28.8. The van der Waals surface area contributed by atoms with Crippen LogP contribution in [0.3, 0.4) is 0 Å². The minimum Gasteiger partial charge on any atom is -0.479 e. The number of hydrogen-bond acceptors (Lipinski definition) is 14. The zero-order chi connectivity index (χ0) is 70.8. The van der Waals surface area contributed by atoms with Gasteiger partial charge in [0.05, 0.1) is 11.7 Å². The molecule has 26 nitrogen and oxygen atoms in total. The van der Waals surface area contributed by atoms with E-state index >= 15 is 14.4 Å². The van der Waals surface area contributed by atoms with Gasteiger partial charge in [0.15, 0.2) is 0 Å². The Hall–Kier alpha value is -6.70. The van der Waals surface area contributed by atoms with Gasteiger partial charge in [0.1, 0.15) is 60.4 Å². The van der Waals surface area contributed by atoms with Crippen molar-refractivity contribution in [2.45, 2.75) is 241 Å². The maximum Gasteiger partial charge on any atom is 0.336 e. The predicted molar refractivity (Wildman–Crippen MR) is 346 cm³/mol. The van der Waals surface area contributed by atoms with E-state index in [1.54, 1.807) is 67.5 Å². The van der Waals surface area contributed by atoms with Gasteiger partial charge < -0.3 is 70.5 Å². The largest absolute Gasteiger partial charge is 0.479 e. The number of methoxy groups -OCH3 is 1. The number of carboxylic acids is 1. The molecule has 0 aromatic heterocycles. The molecule has 1 heterocycles. The molecule has 6 N–H and O–H groups in total. The molecule has 0 saturated carbocycles. The highest BCUT2D eigenvalue weighted by molar-refractivity contribution is 6.06. The first-order chi connectivity index (χ1) is 41.9. The van der Waals surface area contributed by atoms with Gasteiger partial charge in [-0.3, -0.25) is 52.7 Å². The molecule has 0 aromatic carbocycles. The standard InChI is InChI=1S/C65H115N11O15/c1-26-28-29-40(13)52(77)50-56(81)68-43(27-2)58(83)76(24)51(64(89)90)63(88)73(21)47(34-65(16,17)91-25)55(80)69-48(38(9)10)61(86)70(18)44(31-30-35(3)4)54(79)66-41(14)53(78)67-42(15)57(82)71(19)45(32-36(5)6)59(84)72(20)46(33-37(7)8)60(85)74(22)49(39(11)12)62(87)75(50)23/h26,28,35-52,77H,27,29-34H2,1-25H3,(H,66,79)(H,67,78)(H,68,81)(H,69,80)(H,89,90)/b28-26+/t40-,41-,42+,43-,44-,45-,46-,47+,48-,49-,50+,51?,52-/m1/s1. The molecule has 13 atom stereocenters. The van der Waals surface area contributed by atoms with Crippen molar-refractivity contribution in [3.63, 3.8) is 0 Å². The number of nitrogens with zero attached hydrogens (tertiary/aromatic N) is 7.